The Labute approximate surface area is 133 Å². The fraction of sp³-hybridized carbons (Fsp3) is 0.0588. The molecule has 0 saturated carbocycles. The smallest absolute Gasteiger partial charge is 0.265 e. The summed E-state index contributed by atoms with van der Waals surface area (Å²) in [6.07, 6.45) is 5.85. The van der Waals surface area contributed by atoms with Gasteiger partial charge in [-0.05, 0) is 19.1 Å². The average molecular weight is 312 g/mol. The summed E-state index contributed by atoms with van der Waals surface area (Å²) in [7, 11) is 0. The molecular formula is C17H14ClN3O. The number of aryl methyl sites for hydroxylation is 1. The zero-order valence-corrected chi connectivity index (χ0v) is 12.7. The number of H-pyrrole nitrogens is 1. The van der Waals surface area contributed by atoms with E-state index in [-0.39, 0.29) is 18.0 Å². The molecule has 1 aromatic carbocycles. The van der Waals surface area contributed by atoms with Gasteiger partial charge in [0.25, 0.3) is 11.2 Å². The lowest BCUT2D eigenvalue weighted by Gasteiger charge is -2.00. The van der Waals surface area contributed by atoms with Gasteiger partial charge in [0.2, 0.25) is 0 Å². The number of para-hydroxylation sites is 1. The summed E-state index contributed by atoms with van der Waals surface area (Å²) in [6.45, 7) is 2.01. The summed E-state index contributed by atoms with van der Waals surface area (Å²) < 4.78 is 3.71. The van der Waals surface area contributed by atoms with E-state index in [0.717, 1.165) is 22.4 Å². The maximum absolute atomic E-state index is 12.6. The van der Waals surface area contributed by atoms with Gasteiger partial charge in [0.15, 0.2) is 18.0 Å². The van der Waals surface area contributed by atoms with E-state index < -0.39 is 0 Å². The maximum Gasteiger partial charge on any atom is 0.265 e. The number of fused-ring (bicyclic) bond motifs is 2. The van der Waals surface area contributed by atoms with E-state index in [2.05, 4.69) is 4.98 Å². The summed E-state index contributed by atoms with van der Waals surface area (Å²) in [5, 5.41) is 0.699. The van der Waals surface area contributed by atoms with Gasteiger partial charge >= 0.3 is 0 Å². The van der Waals surface area contributed by atoms with Crippen molar-refractivity contribution in [2.24, 2.45) is 0 Å². The molecule has 0 aliphatic carbocycles. The summed E-state index contributed by atoms with van der Waals surface area (Å²) in [6, 6.07) is 13.5. The molecule has 0 atom stereocenters. The Balaban J connectivity index is 0.00000144. The number of halogens is 1. The third-order valence-electron chi connectivity index (χ3n) is 3.76. The Kier molecular flexibility index (Phi) is 3.47. The molecule has 0 fully saturated rings. The van der Waals surface area contributed by atoms with Crippen molar-refractivity contribution >= 4 is 16.6 Å². The van der Waals surface area contributed by atoms with Crippen LogP contribution in [0, 0.1) is 6.92 Å². The summed E-state index contributed by atoms with van der Waals surface area (Å²) >= 11 is 0. The SMILES string of the molecule is Cc1cn2c(=O)c3ccccc3[nH]c2c1-[n+]1ccccc1.[Cl-]. The Morgan fingerprint density at radius 1 is 1.05 bits per heavy atom. The third-order valence-corrected chi connectivity index (χ3v) is 3.76. The highest BCUT2D eigenvalue weighted by molar-refractivity contribution is 5.81. The predicted octanol–water partition coefficient (Wildman–Crippen LogP) is -0.630. The van der Waals surface area contributed by atoms with Gasteiger partial charge in [0.1, 0.15) is 0 Å². The first kappa shape index (κ1) is 14.4. The molecule has 0 amide bonds. The number of hydrogen-bond acceptors (Lipinski definition) is 1. The van der Waals surface area contributed by atoms with Crippen LogP contribution in [0.4, 0.5) is 0 Å². The molecule has 0 saturated heterocycles. The molecule has 0 aliphatic rings. The van der Waals surface area contributed by atoms with Crippen molar-refractivity contribution in [3.63, 3.8) is 0 Å². The molecule has 4 nitrogen and oxygen atoms in total. The van der Waals surface area contributed by atoms with E-state index in [1.807, 2.05) is 72.5 Å². The van der Waals surface area contributed by atoms with Crippen molar-refractivity contribution in [2.45, 2.75) is 6.92 Å². The van der Waals surface area contributed by atoms with E-state index in [9.17, 15) is 4.79 Å². The zero-order valence-electron chi connectivity index (χ0n) is 12.0. The second kappa shape index (κ2) is 5.31. The first-order valence-corrected chi connectivity index (χ1v) is 6.85. The van der Waals surface area contributed by atoms with Crippen molar-refractivity contribution in [2.75, 3.05) is 0 Å². The molecule has 3 aromatic heterocycles. The molecule has 4 rings (SSSR count). The van der Waals surface area contributed by atoms with Gasteiger partial charge < -0.3 is 17.4 Å². The Bertz CT molecular complexity index is 1020. The highest BCUT2D eigenvalue weighted by Gasteiger charge is 2.19. The lowest BCUT2D eigenvalue weighted by molar-refractivity contribution is -0.594. The molecule has 0 spiro atoms. The Morgan fingerprint density at radius 2 is 1.77 bits per heavy atom. The molecule has 0 aliphatic heterocycles. The lowest BCUT2D eigenvalue weighted by Crippen LogP contribution is -3.00. The standard InChI is InChI=1S/C17H13N3O.ClH/c1-12-11-20-16(15(12)19-9-5-2-6-10-19)18-14-8-4-3-7-13(14)17(20)21;/h2-11H,1H3;1H. The summed E-state index contributed by atoms with van der Waals surface area (Å²) in [4.78, 5) is 16.0. The van der Waals surface area contributed by atoms with Gasteiger partial charge in [-0.25, -0.2) is 0 Å². The van der Waals surface area contributed by atoms with E-state index in [0.29, 0.717) is 5.39 Å². The summed E-state index contributed by atoms with van der Waals surface area (Å²) in [5.41, 5.74) is 3.72. The van der Waals surface area contributed by atoms with Crippen LogP contribution < -0.4 is 22.5 Å². The number of benzene rings is 1. The average Bonchev–Trinajstić information content (AvgIpc) is 2.85. The molecule has 4 aromatic rings. The van der Waals surface area contributed by atoms with Crippen LogP contribution in [0.3, 0.4) is 0 Å². The van der Waals surface area contributed by atoms with Crippen molar-refractivity contribution in [3.8, 4) is 5.69 Å². The Morgan fingerprint density at radius 3 is 2.55 bits per heavy atom. The van der Waals surface area contributed by atoms with Gasteiger partial charge in [-0.1, -0.05) is 18.2 Å². The van der Waals surface area contributed by atoms with E-state index in [4.69, 9.17) is 0 Å². The first-order valence-electron chi connectivity index (χ1n) is 6.85. The quantitative estimate of drug-likeness (QED) is 0.467. The molecule has 22 heavy (non-hydrogen) atoms. The minimum Gasteiger partial charge on any atom is -1.00 e. The van der Waals surface area contributed by atoms with Crippen LogP contribution in [0.2, 0.25) is 0 Å². The topological polar surface area (TPSA) is 41.1 Å². The van der Waals surface area contributed by atoms with Gasteiger partial charge in [-0.3, -0.25) is 9.20 Å². The van der Waals surface area contributed by atoms with Gasteiger partial charge in [-0.15, -0.1) is 0 Å². The van der Waals surface area contributed by atoms with E-state index >= 15 is 0 Å². The normalized spacial score (nSPS) is 10.8. The number of nitrogens with zero attached hydrogens (tertiary/aromatic N) is 2. The molecule has 1 N–H and O–H groups in total. The third kappa shape index (κ3) is 2.00. The molecule has 110 valence electrons. The van der Waals surface area contributed by atoms with Crippen LogP contribution in [0.1, 0.15) is 5.56 Å². The van der Waals surface area contributed by atoms with Crippen LogP contribution in [0.5, 0.6) is 0 Å². The number of aromatic amines is 1. The molecule has 3 heterocycles. The largest absolute Gasteiger partial charge is 1.00 e. The number of pyridine rings is 1. The fourth-order valence-corrected chi connectivity index (χ4v) is 2.81. The van der Waals surface area contributed by atoms with Crippen LogP contribution >= 0.6 is 0 Å². The maximum atomic E-state index is 12.6. The highest BCUT2D eigenvalue weighted by atomic mass is 35.5. The highest BCUT2D eigenvalue weighted by Crippen LogP contribution is 2.17. The van der Waals surface area contributed by atoms with Crippen LogP contribution in [-0.2, 0) is 0 Å². The molecular weight excluding hydrogens is 298 g/mol. The minimum absolute atomic E-state index is 0. The van der Waals surface area contributed by atoms with Crippen molar-refractivity contribution in [3.05, 3.63) is 77.0 Å². The van der Waals surface area contributed by atoms with E-state index in [1.165, 1.54) is 0 Å². The van der Waals surface area contributed by atoms with Gasteiger partial charge in [0, 0.05) is 23.9 Å². The van der Waals surface area contributed by atoms with E-state index in [1.54, 1.807) is 4.40 Å². The molecule has 0 radical (unpaired) electrons. The number of rotatable bonds is 1. The fourth-order valence-electron chi connectivity index (χ4n) is 2.81. The molecule has 0 bridgehead atoms. The van der Waals surface area contributed by atoms with Gasteiger partial charge in [-0.2, -0.15) is 4.57 Å². The number of aromatic nitrogens is 3. The van der Waals surface area contributed by atoms with Crippen LogP contribution in [0.15, 0.2) is 65.8 Å². The van der Waals surface area contributed by atoms with Crippen molar-refractivity contribution in [1.82, 2.24) is 9.38 Å². The molecule has 5 heteroatoms. The van der Waals surface area contributed by atoms with Crippen LogP contribution in [0.25, 0.3) is 22.2 Å². The first-order chi connectivity index (χ1) is 10.3. The second-order valence-corrected chi connectivity index (χ2v) is 5.14. The number of nitrogens with one attached hydrogen (secondary N) is 1. The Hall–Kier alpha value is -2.59. The van der Waals surface area contributed by atoms with Crippen LogP contribution in [-0.4, -0.2) is 9.38 Å². The number of hydrogen-bond donors (Lipinski definition) is 1. The van der Waals surface area contributed by atoms with Crippen molar-refractivity contribution in [1.29, 1.82) is 0 Å². The lowest BCUT2D eigenvalue weighted by atomic mass is 10.2. The van der Waals surface area contributed by atoms with Gasteiger partial charge in [0.05, 0.1) is 10.9 Å². The molecule has 0 unspecified atom stereocenters. The summed E-state index contributed by atoms with van der Waals surface area (Å²) in [5.74, 6) is 0. The van der Waals surface area contributed by atoms with Crippen molar-refractivity contribution < 1.29 is 17.0 Å². The zero-order chi connectivity index (χ0) is 14.4. The second-order valence-electron chi connectivity index (χ2n) is 5.14. The monoisotopic (exact) mass is 311 g/mol. The predicted molar refractivity (Wildman–Crippen MR) is 81.8 cm³/mol. The minimum atomic E-state index is 0.